The number of anilines is 1. The zero-order valence-corrected chi connectivity index (χ0v) is 13.2. The van der Waals surface area contributed by atoms with E-state index in [0.717, 1.165) is 37.0 Å². The highest BCUT2D eigenvalue weighted by Gasteiger charge is 2.19. The number of halogens is 2. The molecule has 4 heteroatoms. The molecule has 21 heavy (non-hydrogen) atoms. The fourth-order valence-corrected chi connectivity index (χ4v) is 3.16. The molecule has 1 aliphatic rings. The van der Waals surface area contributed by atoms with Crippen molar-refractivity contribution in [3.05, 3.63) is 62.6 Å². The molecule has 0 aromatic heterocycles. The summed E-state index contributed by atoms with van der Waals surface area (Å²) in [6, 6.07) is 9.68. The van der Waals surface area contributed by atoms with Gasteiger partial charge in [0.2, 0.25) is 0 Å². The third kappa shape index (κ3) is 2.78. The van der Waals surface area contributed by atoms with Crippen LogP contribution in [-0.4, -0.2) is 12.8 Å². The number of hydrogen-bond acceptors (Lipinski definition) is 2. The van der Waals surface area contributed by atoms with Gasteiger partial charge in [0.15, 0.2) is 0 Å². The van der Waals surface area contributed by atoms with E-state index < -0.39 is 0 Å². The fraction of sp³-hybridized carbons (Fsp3) is 0.235. The number of carbonyl (C=O) groups excluding carboxylic acids is 1. The van der Waals surface area contributed by atoms with Crippen molar-refractivity contribution in [1.82, 2.24) is 0 Å². The highest BCUT2D eigenvalue weighted by Crippen LogP contribution is 2.31. The Morgan fingerprint density at radius 2 is 1.95 bits per heavy atom. The minimum absolute atomic E-state index is 0.574. The third-order valence-corrected chi connectivity index (χ3v) is 4.73. The van der Waals surface area contributed by atoms with Crippen LogP contribution in [0.4, 0.5) is 5.69 Å². The van der Waals surface area contributed by atoms with Gasteiger partial charge in [0.1, 0.15) is 6.29 Å². The van der Waals surface area contributed by atoms with Crippen LogP contribution in [0.15, 0.2) is 30.3 Å². The van der Waals surface area contributed by atoms with Crippen LogP contribution >= 0.6 is 23.2 Å². The number of nitrogens with zero attached hydrogens (tertiary/aromatic N) is 1. The van der Waals surface area contributed by atoms with Crippen molar-refractivity contribution < 1.29 is 4.79 Å². The van der Waals surface area contributed by atoms with Crippen LogP contribution in [0.2, 0.25) is 10.0 Å². The zero-order valence-electron chi connectivity index (χ0n) is 11.7. The molecule has 0 N–H and O–H groups in total. The van der Waals surface area contributed by atoms with Gasteiger partial charge in [-0.3, -0.25) is 4.79 Å². The van der Waals surface area contributed by atoms with Crippen LogP contribution in [0, 0.1) is 6.92 Å². The largest absolute Gasteiger partial charge is 0.367 e. The first-order valence-corrected chi connectivity index (χ1v) is 7.61. The summed E-state index contributed by atoms with van der Waals surface area (Å²) in [4.78, 5) is 13.3. The summed E-state index contributed by atoms with van der Waals surface area (Å²) in [5.74, 6) is 0. The van der Waals surface area contributed by atoms with Gasteiger partial charge in [0.05, 0.1) is 10.0 Å². The number of aldehydes is 1. The topological polar surface area (TPSA) is 20.3 Å². The molecule has 0 radical (unpaired) electrons. The fourth-order valence-electron chi connectivity index (χ4n) is 2.87. The molecule has 0 amide bonds. The molecule has 1 aliphatic heterocycles. The van der Waals surface area contributed by atoms with Crippen LogP contribution < -0.4 is 4.90 Å². The van der Waals surface area contributed by atoms with Crippen LogP contribution in [0.5, 0.6) is 0 Å². The number of fused-ring (bicyclic) bond motifs is 1. The summed E-state index contributed by atoms with van der Waals surface area (Å²) in [5.41, 5.74) is 5.58. The molecule has 1 heterocycles. The predicted molar refractivity (Wildman–Crippen MR) is 87.8 cm³/mol. The summed E-state index contributed by atoms with van der Waals surface area (Å²) < 4.78 is 0. The van der Waals surface area contributed by atoms with Gasteiger partial charge in [0, 0.05) is 24.3 Å². The van der Waals surface area contributed by atoms with Crippen LogP contribution in [0.3, 0.4) is 0 Å². The molecule has 3 rings (SSSR count). The first-order valence-electron chi connectivity index (χ1n) is 6.86. The Kier molecular flexibility index (Phi) is 3.92. The summed E-state index contributed by atoms with van der Waals surface area (Å²) in [6.45, 7) is 3.80. The monoisotopic (exact) mass is 319 g/mol. The Morgan fingerprint density at radius 1 is 1.14 bits per heavy atom. The predicted octanol–water partition coefficient (Wildman–Crippen LogP) is 4.68. The van der Waals surface area contributed by atoms with Crippen molar-refractivity contribution in [3.63, 3.8) is 0 Å². The molecular formula is C17H15Cl2NO. The number of aryl methyl sites for hydroxylation is 1. The van der Waals surface area contributed by atoms with E-state index in [1.807, 2.05) is 30.3 Å². The smallest absolute Gasteiger partial charge is 0.150 e. The lowest BCUT2D eigenvalue weighted by Gasteiger charge is -2.32. The summed E-state index contributed by atoms with van der Waals surface area (Å²) in [5, 5.41) is 1.15. The van der Waals surface area contributed by atoms with Crippen molar-refractivity contribution in [2.75, 3.05) is 11.4 Å². The zero-order chi connectivity index (χ0) is 15.0. The average molecular weight is 320 g/mol. The summed E-state index contributed by atoms with van der Waals surface area (Å²) in [6.07, 6.45) is 1.84. The number of hydrogen-bond donors (Lipinski definition) is 0. The molecule has 0 saturated heterocycles. The van der Waals surface area contributed by atoms with E-state index in [0.29, 0.717) is 10.0 Å². The Balaban J connectivity index is 1.93. The number of carbonyl (C=O) groups is 1. The van der Waals surface area contributed by atoms with E-state index in [4.69, 9.17) is 23.2 Å². The number of benzene rings is 2. The van der Waals surface area contributed by atoms with Crippen molar-refractivity contribution in [2.24, 2.45) is 0 Å². The molecule has 0 fully saturated rings. The number of rotatable bonds is 2. The van der Waals surface area contributed by atoms with Gasteiger partial charge in [-0.25, -0.2) is 0 Å². The maximum Gasteiger partial charge on any atom is 0.150 e. The van der Waals surface area contributed by atoms with E-state index >= 15 is 0 Å². The molecule has 2 nitrogen and oxygen atoms in total. The van der Waals surface area contributed by atoms with Crippen molar-refractivity contribution in [2.45, 2.75) is 19.9 Å². The first kappa shape index (κ1) is 14.4. The summed E-state index contributed by atoms with van der Waals surface area (Å²) >= 11 is 12.1. The average Bonchev–Trinajstić information content (AvgIpc) is 2.49. The Morgan fingerprint density at radius 3 is 2.67 bits per heavy atom. The highest BCUT2D eigenvalue weighted by atomic mass is 35.5. The van der Waals surface area contributed by atoms with Gasteiger partial charge >= 0.3 is 0 Å². The lowest BCUT2D eigenvalue weighted by Crippen LogP contribution is -2.31. The SMILES string of the molecule is Cc1cc(C=O)cc2c1CN(c1ccc(Cl)c(Cl)c1)CC2. The van der Waals surface area contributed by atoms with Crippen LogP contribution in [-0.2, 0) is 13.0 Å². The molecule has 0 atom stereocenters. The van der Waals surface area contributed by atoms with Gasteiger partial charge in [-0.05, 0) is 60.4 Å². The van der Waals surface area contributed by atoms with Crippen molar-refractivity contribution in [3.8, 4) is 0 Å². The molecular weight excluding hydrogens is 305 g/mol. The maximum absolute atomic E-state index is 11.0. The molecule has 108 valence electrons. The van der Waals surface area contributed by atoms with E-state index in [9.17, 15) is 4.79 Å². The van der Waals surface area contributed by atoms with E-state index in [2.05, 4.69) is 11.8 Å². The van der Waals surface area contributed by atoms with Crippen LogP contribution in [0.25, 0.3) is 0 Å². The van der Waals surface area contributed by atoms with Crippen molar-refractivity contribution in [1.29, 1.82) is 0 Å². The molecule has 0 saturated carbocycles. The van der Waals surface area contributed by atoms with E-state index in [1.165, 1.54) is 16.7 Å². The molecule has 0 bridgehead atoms. The second kappa shape index (κ2) is 5.70. The minimum atomic E-state index is 0.574. The van der Waals surface area contributed by atoms with Gasteiger partial charge in [0.25, 0.3) is 0 Å². The van der Waals surface area contributed by atoms with Gasteiger partial charge < -0.3 is 4.90 Å². The second-order valence-corrected chi connectivity index (χ2v) is 6.18. The highest BCUT2D eigenvalue weighted by molar-refractivity contribution is 6.42. The lowest BCUT2D eigenvalue weighted by molar-refractivity contribution is 0.112. The molecule has 0 aliphatic carbocycles. The third-order valence-electron chi connectivity index (χ3n) is 3.99. The lowest BCUT2D eigenvalue weighted by atomic mass is 9.93. The standard InChI is InChI=1S/C17H15Cl2NO/c1-11-6-12(10-21)7-13-4-5-20(9-15(11)13)14-2-3-16(18)17(19)8-14/h2-3,6-8,10H,4-5,9H2,1H3. The Labute approximate surface area is 134 Å². The van der Waals surface area contributed by atoms with E-state index in [1.54, 1.807) is 0 Å². The molecule has 0 unspecified atom stereocenters. The molecule has 0 spiro atoms. The maximum atomic E-state index is 11.0. The van der Waals surface area contributed by atoms with Crippen molar-refractivity contribution >= 4 is 35.2 Å². The molecule has 2 aromatic rings. The quantitative estimate of drug-likeness (QED) is 0.749. The van der Waals surface area contributed by atoms with Gasteiger partial charge in [-0.1, -0.05) is 23.2 Å². The minimum Gasteiger partial charge on any atom is -0.367 e. The first-order chi connectivity index (χ1) is 10.1. The Bertz CT molecular complexity index is 712. The summed E-state index contributed by atoms with van der Waals surface area (Å²) in [7, 11) is 0. The Hall–Kier alpha value is -1.51. The van der Waals surface area contributed by atoms with Crippen LogP contribution in [0.1, 0.15) is 27.0 Å². The molecule has 2 aromatic carbocycles. The normalized spacial score (nSPS) is 14.0. The van der Waals surface area contributed by atoms with Gasteiger partial charge in [-0.2, -0.15) is 0 Å². The second-order valence-electron chi connectivity index (χ2n) is 5.36. The van der Waals surface area contributed by atoms with E-state index in [-0.39, 0.29) is 0 Å². The van der Waals surface area contributed by atoms with Gasteiger partial charge in [-0.15, -0.1) is 0 Å².